The zero-order valence-electron chi connectivity index (χ0n) is 11.1. The number of methoxy groups -OCH3 is 1. The molecule has 2 atom stereocenters. The highest BCUT2D eigenvalue weighted by molar-refractivity contribution is 5.48. The Morgan fingerprint density at radius 3 is 2.58 bits per heavy atom. The summed E-state index contributed by atoms with van der Waals surface area (Å²) in [5.41, 5.74) is -0.413. The Kier molecular flexibility index (Phi) is 3.36. The zero-order valence-corrected chi connectivity index (χ0v) is 11.1. The molecule has 104 valence electrons. The summed E-state index contributed by atoms with van der Waals surface area (Å²) in [6, 6.07) is 4.22. The van der Waals surface area contributed by atoms with Crippen molar-refractivity contribution in [3.05, 3.63) is 28.3 Å². The maximum absolute atomic E-state index is 10.8. The lowest BCUT2D eigenvalue weighted by Gasteiger charge is -2.48. The molecule has 1 saturated carbocycles. The second-order valence-electron chi connectivity index (χ2n) is 5.27. The Bertz CT molecular complexity index is 500. The van der Waals surface area contributed by atoms with Crippen LogP contribution in [0.25, 0.3) is 0 Å². The number of non-ortho nitro benzene ring substituents is 1. The van der Waals surface area contributed by atoms with Crippen LogP contribution in [-0.2, 0) is 0 Å². The van der Waals surface area contributed by atoms with Crippen LogP contribution in [0, 0.1) is 15.5 Å². The average molecular weight is 267 g/mol. The SMILES string of the molecule is COc1ccc([N+](=O)[O-])cc1OC1CC(O)C1(C)C. The molecule has 1 fully saturated rings. The van der Waals surface area contributed by atoms with Crippen LogP contribution in [0.3, 0.4) is 0 Å². The summed E-state index contributed by atoms with van der Waals surface area (Å²) in [6.45, 7) is 3.80. The van der Waals surface area contributed by atoms with Gasteiger partial charge in [-0.2, -0.15) is 0 Å². The Hall–Kier alpha value is -1.82. The zero-order chi connectivity index (χ0) is 14.2. The Morgan fingerprint density at radius 1 is 1.42 bits per heavy atom. The molecule has 1 N–H and O–H groups in total. The molecule has 0 heterocycles. The molecule has 1 aromatic rings. The van der Waals surface area contributed by atoms with Gasteiger partial charge in [-0.1, -0.05) is 13.8 Å². The van der Waals surface area contributed by atoms with Crippen LogP contribution in [0.15, 0.2) is 18.2 Å². The quantitative estimate of drug-likeness (QED) is 0.667. The normalized spacial score (nSPS) is 24.4. The van der Waals surface area contributed by atoms with Crippen molar-refractivity contribution in [1.82, 2.24) is 0 Å². The van der Waals surface area contributed by atoms with E-state index in [9.17, 15) is 15.2 Å². The fourth-order valence-corrected chi connectivity index (χ4v) is 2.09. The molecule has 0 saturated heterocycles. The van der Waals surface area contributed by atoms with Crippen molar-refractivity contribution in [2.24, 2.45) is 5.41 Å². The number of rotatable bonds is 4. The molecule has 1 aliphatic carbocycles. The maximum Gasteiger partial charge on any atom is 0.273 e. The average Bonchev–Trinajstić information content (AvgIpc) is 2.38. The standard InChI is InChI=1S/C13H17NO5/c1-13(2)11(15)7-12(13)19-10-6-8(14(16)17)4-5-9(10)18-3/h4-6,11-12,15H,7H2,1-3H3. The lowest BCUT2D eigenvalue weighted by Crippen LogP contribution is -2.56. The van der Waals surface area contributed by atoms with E-state index in [-0.39, 0.29) is 17.2 Å². The fraction of sp³-hybridized carbons (Fsp3) is 0.538. The highest BCUT2D eigenvalue weighted by Crippen LogP contribution is 2.44. The van der Waals surface area contributed by atoms with Gasteiger partial charge in [-0.3, -0.25) is 10.1 Å². The number of nitro groups is 1. The van der Waals surface area contributed by atoms with Crippen LogP contribution in [-0.4, -0.2) is 29.3 Å². The monoisotopic (exact) mass is 267 g/mol. The minimum Gasteiger partial charge on any atom is -0.493 e. The van der Waals surface area contributed by atoms with E-state index in [2.05, 4.69) is 0 Å². The van der Waals surface area contributed by atoms with Crippen LogP contribution in [0.4, 0.5) is 5.69 Å². The summed E-state index contributed by atoms with van der Waals surface area (Å²) < 4.78 is 10.9. The van der Waals surface area contributed by atoms with Crippen LogP contribution in [0.1, 0.15) is 20.3 Å². The summed E-state index contributed by atoms with van der Waals surface area (Å²) in [5.74, 6) is 0.782. The first kappa shape index (κ1) is 13.6. The molecule has 1 aromatic carbocycles. The van der Waals surface area contributed by atoms with E-state index in [0.717, 1.165) is 0 Å². The second-order valence-corrected chi connectivity index (χ2v) is 5.27. The third kappa shape index (κ3) is 2.35. The topological polar surface area (TPSA) is 81.8 Å². The minimum atomic E-state index is -0.479. The molecular formula is C13H17NO5. The molecule has 6 nitrogen and oxygen atoms in total. The number of aliphatic hydroxyl groups excluding tert-OH is 1. The lowest BCUT2D eigenvalue weighted by molar-refractivity contribution is -0.385. The Morgan fingerprint density at radius 2 is 2.11 bits per heavy atom. The number of nitrogens with zero attached hydrogens (tertiary/aromatic N) is 1. The molecule has 0 bridgehead atoms. The van der Waals surface area contributed by atoms with Crippen molar-refractivity contribution >= 4 is 5.69 Å². The molecule has 2 rings (SSSR count). The van der Waals surface area contributed by atoms with Gasteiger partial charge in [0, 0.05) is 17.9 Å². The minimum absolute atomic E-state index is 0.0477. The highest BCUT2D eigenvalue weighted by Gasteiger charge is 2.49. The Labute approximate surface area is 111 Å². The van der Waals surface area contributed by atoms with Gasteiger partial charge in [-0.25, -0.2) is 0 Å². The van der Waals surface area contributed by atoms with Gasteiger partial charge < -0.3 is 14.6 Å². The molecule has 6 heteroatoms. The van der Waals surface area contributed by atoms with Gasteiger partial charge in [0.2, 0.25) is 0 Å². The molecule has 2 unspecified atom stereocenters. The second kappa shape index (κ2) is 4.70. The van der Waals surface area contributed by atoms with Crippen molar-refractivity contribution in [3.8, 4) is 11.5 Å². The Balaban J connectivity index is 2.24. The molecule has 19 heavy (non-hydrogen) atoms. The predicted octanol–water partition coefficient (Wildman–Crippen LogP) is 2.14. The number of hydrogen-bond acceptors (Lipinski definition) is 5. The molecule has 0 aromatic heterocycles. The van der Waals surface area contributed by atoms with E-state index in [1.54, 1.807) is 0 Å². The molecular weight excluding hydrogens is 250 g/mol. The number of hydrogen-bond donors (Lipinski definition) is 1. The van der Waals surface area contributed by atoms with Crippen molar-refractivity contribution < 1.29 is 19.5 Å². The van der Waals surface area contributed by atoms with E-state index in [1.165, 1.54) is 25.3 Å². The molecule has 0 aliphatic heterocycles. The van der Waals surface area contributed by atoms with E-state index in [1.807, 2.05) is 13.8 Å². The third-order valence-electron chi connectivity index (χ3n) is 3.75. The van der Waals surface area contributed by atoms with Gasteiger partial charge in [0.1, 0.15) is 6.10 Å². The summed E-state index contributed by atoms with van der Waals surface area (Å²) in [7, 11) is 1.48. The van der Waals surface area contributed by atoms with E-state index in [4.69, 9.17) is 9.47 Å². The van der Waals surface area contributed by atoms with Gasteiger partial charge in [-0.15, -0.1) is 0 Å². The molecule has 1 aliphatic rings. The summed E-state index contributed by atoms with van der Waals surface area (Å²) >= 11 is 0. The first-order valence-electron chi connectivity index (χ1n) is 6.03. The summed E-state index contributed by atoms with van der Waals surface area (Å²) in [4.78, 5) is 10.3. The van der Waals surface area contributed by atoms with Gasteiger partial charge in [0.05, 0.1) is 24.2 Å². The van der Waals surface area contributed by atoms with Crippen LogP contribution >= 0.6 is 0 Å². The van der Waals surface area contributed by atoms with Crippen molar-refractivity contribution in [3.63, 3.8) is 0 Å². The third-order valence-corrected chi connectivity index (χ3v) is 3.75. The van der Waals surface area contributed by atoms with Crippen LogP contribution in [0.5, 0.6) is 11.5 Å². The lowest BCUT2D eigenvalue weighted by atomic mass is 9.66. The number of benzene rings is 1. The summed E-state index contributed by atoms with van der Waals surface area (Å²) in [5, 5.41) is 20.4. The van der Waals surface area contributed by atoms with Gasteiger partial charge in [-0.05, 0) is 6.07 Å². The van der Waals surface area contributed by atoms with Crippen molar-refractivity contribution in [2.75, 3.05) is 7.11 Å². The molecule has 0 radical (unpaired) electrons. The number of aliphatic hydroxyl groups is 1. The predicted molar refractivity (Wildman–Crippen MR) is 68.5 cm³/mol. The largest absolute Gasteiger partial charge is 0.493 e. The van der Waals surface area contributed by atoms with E-state index >= 15 is 0 Å². The van der Waals surface area contributed by atoms with Gasteiger partial charge in [0.15, 0.2) is 11.5 Å². The first-order chi connectivity index (χ1) is 8.86. The highest BCUT2D eigenvalue weighted by atomic mass is 16.6. The first-order valence-corrected chi connectivity index (χ1v) is 6.03. The van der Waals surface area contributed by atoms with Crippen LogP contribution in [0.2, 0.25) is 0 Å². The van der Waals surface area contributed by atoms with Crippen molar-refractivity contribution in [2.45, 2.75) is 32.5 Å². The van der Waals surface area contributed by atoms with Gasteiger partial charge >= 0.3 is 0 Å². The maximum atomic E-state index is 10.8. The fourth-order valence-electron chi connectivity index (χ4n) is 2.09. The number of ether oxygens (including phenoxy) is 2. The molecule has 0 spiro atoms. The molecule has 0 amide bonds. The van der Waals surface area contributed by atoms with Crippen molar-refractivity contribution in [1.29, 1.82) is 0 Å². The summed E-state index contributed by atoms with van der Waals surface area (Å²) in [6.07, 6.45) is -0.0839. The van der Waals surface area contributed by atoms with E-state index < -0.39 is 11.0 Å². The van der Waals surface area contributed by atoms with Gasteiger partial charge in [0.25, 0.3) is 5.69 Å². The van der Waals surface area contributed by atoms with E-state index in [0.29, 0.717) is 17.9 Å². The number of nitro benzene ring substituents is 1. The van der Waals surface area contributed by atoms with Crippen LogP contribution < -0.4 is 9.47 Å². The smallest absolute Gasteiger partial charge is 0.273 e.